The van der Waals surface area contributed by atoms with E-state index in [0.29, 0.717) is 11.5 Å². The second kappa shape index (κ2) is 5.45. The van der Waals surface area contributed by atoms with Crippen molar-refractivity contribution >= 4 is 23.6 Å². The van der Waals surface area contributed by atoms with E-state index in [1.807, 2.05) is 0 Å². The largest absolute Gasteiger partial charge is 0.480 e. The summed E-state index contributed by atoms with van der Waals surface area (Å²) in [7, 11) is 1.40. The Labute approximate surface area is 108 Å². The van der Waals surface area contributed by atoms with Crippen molar-refractivity contribution in [3.63, 3.8) is 0 Å². The lowest BCUT2D eigenvalue weighted by Crippen LogP contribution is -2.44. The molecule has 1 aromatic heterocycles. The summed E-state index contributed by atoms with van der Waals surface area (Å²) in [5.74, 6) is -0.443. The first-order chi connectivity index (χ1) is 8.65. The minimum atomic E-state index is -1.01. The van der Waals surface area contributed by atoms with E-state index in [-0.39, 0.29) is 12.5 Å². The van der Waals surface area contributed by atoms with Crippen molar-refractivity contribution in [2.24, 2.45) is 0 Å². The van der Waals surface area contributed by atoms with Gasteiger partial charge in [-0.15, -0.1) is 11.8 Å². The molecule has 0 spiro atoms. The average Bonchev–Trinajstić information content (AvgIpc) is 2.97. The number of carbonyl (C=O) groups excluding carboxylic acids is 1. The minimum Gasteiger partial charge on any atom is -0.480 e. The maximum atomic E-state index is 11.9. The molecule has 2 unspecified atom stereocenters. The zero-order chi connectivity index (χ0) is 13.1. The second-order valence-electron chi connectivity index (χ2n) is 3.79. The number of ether oxygens (including phenoxy) is 1. The first kappa shape index (κ1) is 13.0. The summed E-state index contributed by atoms with van der Waals surface area (Å²) in [6, 6.07) is 2.60. The van der Waals surface area contributed by atoms with E-state index in [2.05, 4.69) is 0 Å². The summed E-state index contributed by atoms with van der Waals surface area (Å²) < 4.78 is 10.0. The van der Waals surface area contributed by atoms with Gasteiger partial charge in [-0.2, -0.15) is 0 Å². The highest BCUT2D eigenvalue weighted by molar-refractivity contribution is 7.99. The SMILES string of the molecule is COCC(=O)N1C(C(=O)O)CSC1c1ccco1. The van der Waals surface area contributed by atoms with Crippen molar-refractivity contribution in [3.8, 4) is 0 Å². The van der Waals surface area contributed by atoms with Crippen LogP contribution in [0, 0.1) is 0 Å². The number of rotatable bonds is 4. The van der Waals surface area contributed by atoms with Crippen LogP contribution in [0.15, 0.2) is 22.8 Å². The highest BCUT2D eigenvalue weighted by atomic mass is 32.2. The maximum absolute atomic E-state index is 11.9. The van der Waals surface area contributed by atoms with Gasteiger partial charge in [-0.05, 0) is 12.1 Å². The van der Waals surface area contributed by atoms with Crippen LogP contribution >= 0.6 is 11.8 Å². The Morgan fingerprint density at radius 2 is 2.44 bits per heavy atom. The topological polar surface area (TPSA) is 80.0 Å². The molecule has 1 aromatic rings. The molecule has 1 amide bonds. The predicted molar refractivity (Wildman–Crippen MR) is 64.1 cm³/mol. The van der Waals surface area contributed by atoms with Crippen molar-refractivity contribution in [2.75, 3.05) is 19.5 Å². The molecule has 1 fully saturated rings. The quantitative estimate of drug-likeness (QED) is 0.878. The number of furan rings is 1. The van der Waals surface area contributed by atoms with Crippen molar-refractivity contribution in [3.05, 3.63) is 24.2 Å². The van der Waals surface area contributed by atoms with Crippen LogP contribution in [-0.4, -0.2) is 47.4 Å². The van der Waals surface area contributed by atoms with Crippen molar-refractivity contribution in [1.82, 2.24) is 4.90 Å². The van der Waals surface area contributed by atoms with Gasteiger partial charge >= 0.3 is 5.97 Å². The minimum absolute atomic E-state index is 0.137. The Morgan fingerprint density at radius 1 is 1.67 bits per heavy atom. The average molecular weight is 271 g/mol. The van der Waals surface area contributed by atoms with Gasteiger partial charge in [-0.25, -0.2) is 4.79 Å². The summed E-state index contributed by atoms with van der Waals surface area (Å²) >= 11 is 1.37. The molecule has 1 aliphatic heterocycles. The fourth-order valence-electron chi connectivity index (χ4n) is 1.85. The fourth-order valence-corrected chi connectivity index (χ4v) is 3.24. The van der Waals surface area contributed by atoms with Crippen molar-refractivity contribution < 1.29 is 23.8 Å². The molecule has 7 heteroatoms. The van der Waals surface area contributed by atoms with Gasteiger partial charge < -0.3 is 19.2 Å². The Morgan fingerprint density at radius 3 is 3.00 bits per heavy atom. The third-order valence-corrected chi connectivity index (χ3v) is 3.91. The number of hydrogen-bond donors (Lipinski definition) is 1. The Kier molecular flexibility index (Phi) is 3.93. The highest BCUT2D eigenvalue weighted by Crippen LogP contribution is 2.41. The summed E-state index contributed by atoms with van der Waals surface area (Å²) in [4.78, 5) is 24.4. The molecule has 0 radical (unpaired) electrons. The number of carboxylic acid groups (broad SMARTS) is 1. The van der Waals surface area contributed by atoms with Crippen LogP contribution in [0.3, 0.4) is 0 Å². The van der Waals surface area contributed by atoms with Crippen molar-refractivity contribution in [2.45, 2.75) is 11.4 Å². The van der Waals surface area contributed by atoms with E-state index in [0.717, 1.165) is 0 Å². The summed E-state index contributed by atoms with van der Waals surface area (Å²) in [6.45, 7) is -0.137. The summed E-state index contributed by atoms with van der Waals surface area (Å²) in [5, 5.41) is 8.74. The van der Waals surface area contributed by atoms with E-state index in [1.54, 1.807) is 12.1 Å². The molecule has 1 aliphatic rings. The predicted octanol–water partition coefficient (Wildman–Crippen LogP) is 0.953. The number of aliphatic carboxylic acids is 1. The molecule has 1 N–H and O–H groups in total. The first-order valence-electron chi connectivity index (χ1n) is 5.33. The van der Waals surface area contributed by atoms with Crippen LogP contribution in [0.2, 0.25) is 0 Å². The van der Waals surface area contributed by atoms with Gasteiger partial charge in [0.15, 0.2) is 0 Å². The van der Waals surface area contributed by atoms with E-state index >= 15 is 0 Å². The normalized spacial score (nSPS) is 23.3. The van der Waals surface area contributed by atoms with Crippen LogP contribution in [0.4, 0.5) is 0 Å². The molecular weight excluding hydrogens is 258 g/mol. The van der Waals surface area contributed by atoms with Gasteiger partial charge in [-0.1, -0.05) is 0 Å². The second-order valence-corrected chi connectivity index (χ2v) is 4.90. The highest BCUT2D eigenvalue weighted by Gasteiger charge is 2.43. The standard InChI is InChI=1S/C11H13NO5S/c1-16-5-9(13)12-7(11(14)15)6-18-10(12)8-3-2-4-17-8/h2-4,7,10H,5-6H2,1H3,(H,14,15). The number of methoxy groups -OCH3 is 1. The lowest BCUT2D eigenvalue weighted by atomic mass is 10.2. The lowest BCUT2D eigenvalue weighted by Gasteiger charge is -2.25. The molecule has 2 rings (SSSR count). The van der Waals surface area contributed by atoms with Gasteiger partial charge in [0.05, 0.1) is 6.26 Å². The fraction of sp³-hybridized carbons (Fsp3) is 0.455. The Bertz CT molecular complexity index is 433. The molecule has 0 aromatic carbocycles. The van der Waals surface area contributed by atoms with Crippen LogP contribution < -0.4 is 0 Å². The third-order valence-electron chi connectivity index (χ3n) is 2.63. The van der Waals surface area contributed by atoms with E-state index < -0.39 is 17.4 Å². The number of thioether (sulfide) groups is 1. The number of amides is 1. The molecule has 6 nitrogen and oxygen atoms in total. The number of hydrogen-bond acceptors (Lipinski definition) is 5. The Hall–Kier alpha value is -1.47. The molecule has 1 saturated heterocycles. The van der Waals surface area contributed by atoms with E-state index in [4.69, 9.17) is 14.3 Å². The van der Waals surface area contributed by atoms with E-state index in [9.17, 15) is 9.59 Å². The maximum Gasteiger partial charge on any atom is 0.327 e. The zero-order valence-corrected chi connectivity index (χ0v) is 10.6. The molecule has 18 heavy (non-hydrogen) atoms. The first-order valence-corrected chi connectivity index (χ1v) is 6.38. The van der Waals surface area contributed by atoms with Gasteiger partial charge in [0.2, 0.25) is 0 Å². The molecule has 0 bridgehead atoms. The third kappa shape index (κ3) is 2.37. The van der Waals surface area contributed by atoms with Crippen LogP contribution in [0.25, 0.3) is 0 Å². The summed E-state index contributed by atoms with van der Waals surface area (Å²) in [5.41, 5.74) is 0. The monoisotopic (exact) mass is 271 g/mol. The van der Waals surface area contributed by atoms with Crippen LogP contribution in [0.1, 0.15) is 11.1 Å². The molecule has 0 saturated carbocycles. The molecule has 2 heterocycles. The number of carbonyl (C=O) groups is 2. The number of carboxylic acids is 1. The molecule has 98 valence electrons. The Balaban J connectivity index is 2.25. The summed E-state index contributed by atoms with van der Waals surface area (Å²) in [6.07, 6.45) is 1.50. The molecule has 2 atom stereocenters. The zero-order valence-electron chi connectivity index (χ0n) is 9.74. The smallest absolute Gasteiger partial charge is 0.327 e. The van der Waals surface area contributed by atoms with Crippen molar-refractivity contribution in [1.29, 1.82) is 0 Å². The van der Waals surface area contributed by atoms with Crippen LogP contribution in [-0.2, 0) is 14.3 Å². The van der Waals surface area contributed by atoms with E-state index in [1.165, 1.54) is 30.0 Å². The number of nitrogens with zero attached hydrogens (tertiary/aromatic N) is 1. The van der Waals surface area contributed by atoms with Gasteiger partial charge in [0.1, 0.15) is 23.8 Å². The van der Waals surface area contributed by atoms with Gasteiger partial charge in [0.25, 0.3) is 5.91 Å². The van der Waals surface area contributed by atoms with Gasteiger partial charge in [-0.3, -0.25) is 4.79 Å². The molecule has 0 aliphatic carbocycles. The lowest BCUT2D eigenvalue weighted by molar-refractivity contribution is -0.151. The van der Waals surface area contributed by atoms with Crippen LogP contribution in [0.5, 0.6) is 0 Å². The molecular formula is C11H13NO5S. The van der Waals surface area contributed by atoms with Gasteiger partial charge in [0, 0.05) is 12.9 Å².